The van der Waals surface area contributed by atoms with E-state index in [0.717, 1.165) is 26.5 Å². The highest BCUT2D eigenvalue weighted by Gasteiger charge is 2.54. The topological polar surface area (TPSA) is 246 Å². The number of oxime groups is 1. The molecule has 220 valence electrons. The first-order valence-corrected chi connectivity index (χ1v) is 15.4. The number of aromatic amines is 1. The summed E-state index contributed by atoms with van der Waals surface area (Å²) in [5.74, 6) is -2.70. The maximum absolute atomic E-state index is 13.3. The first-order chi connectivity index (χ1) is 20.0. The van der Waals surface area contributed by atoms with Crippen LogP contribution in [0.4, 0.5) is 5.13 Å². The van der Waals surface area contributed by atoms with E-state index in [2.05, 4.69) is 30.0 Å². The summed E-state index contributed by atoms with van der Waals surface area (Å²) < 4.78 is 4.57. The fourth-order valence-corrected chi connectivity index (χ4v) is 7.44. The molecule has 3 atom stereocenters. The van der Waals surface area contributed by atoms with Crippen LogP contribution < -0.4 is 16.5 Å². The molecule has 20 heteroatoms. The number of hydrogen-bond acceptors (Lipinski definition) is 16. The number of aryl methyl sites for hydroxylation is 1. The van der Waals surface area contributed by atoms with Crippen molar-refractivity contribution in [2.24, 2.45) is 5.16 Å². The molecule has 7 N–H and O–H groups in total. The van der Waals surface area contributed by atoms with Gasteiger partial charge in [-0.1, -0.05) is 9.64 Å². The van der Waals surface area contributed by atoms with Crippen molar-refractivity contribution in [3.8, 4) is 5.75 Å². The van der Waals surface area contributed by atoms with Crippen molar-refractivity contribution in [3.05, 3.63) is 56.2 Å². The van der Waals surface area contributed by atoms with Crippen molar-refractivity contribution in [1.82, 2.24) is 29.8 Å². The van der Waals surface area contributed by atoms with Gasteiger partial charge in [-0.2, -0.15) is 0 Å². The maximum Gasteiger partial charge on any atom is 0.352 e. The number of pyridine rings is 1. The lowest BCUT2D eigenvalue weighted by molar-refractivity contribution is -0.150. The van der Waals surface area contributed by atoms with Crippen molar-refractivity contribution in [2.75, 3.05) is 17.2 Å². The van der Waals surface area contributed by atoms with Crippen LogP contribution in [0.25, 0.3) is 0 Å². The van der Waals surface area contributed by atoms with Gasteiger partial charge in [-0.05, 0) is 24.0 Å². The number of H-pyrrole nitrogens is 1. The third-order valence-corrected chi connectivity index (χ3v) is 9.90. The second kappa shape index (κ2) is 12.1. The number of aliphatic hydroxyl groups excluding tert-OH is 1. The molecule has 3 aromatic heterocycles. The number of aliphatic carboxylic acids is 1. The van der Waals surface area contributed by atoms with Gasteiger partial charge in [0.1, 0.15) is 27.0 Å². The lowest BCUT2D eigenvalue weighted by atomic mass is 10.0. The lowest BCUT2D eigenvalue weighted by Gasteiger charge is -2.49. The van der Waals surface area contributed by atoms with E-state index >= 15 is 0 Å². The van der Waals surface area contributed by atoms with Crippen LogP contribution in [0.2, 0.25) is 0 Å². The maximum atomic E-state index is 13.3. The van der Waals surface area contributed by atoms with Gasteiger partial charge in [-0.25, -0.2) is 9.78 Å². The molecule has 2 aliphatic rings. The van der Waals surface area contributed by atoms with E-state index in [-0.39, 0.29) is 27.9 Å². The Morgan fingerprint density at radius 2 is 2.19 bits per heavy atom. The smallest absolute Gasteiger partial charge is 0.352 e. The Morgan fingerprint density at radius 3 is 2.83 bits per heavy atom. The van der Waals surface area contributed by atoms with Gasteiger partial charge in [0.25, 0.3) is 18.1 Å². The largest absolute Gasteiger partial charge is 0.503 e. The second-order valence-electron chi connectivity index (χ2n) is 8.67. The minimum atomic E-state index is -1.84. The molecule has 0 bridgehead atoms. The number of nitrogen functional groups attached to an aromatic ring is 1. The zero-order valence-electron chi connectivity index (χ0n) is 21.2. The Balaban J connectivity index is 1.33. The Hall–Kier alpha value is -3.98. The molecule has 1 fully saturated rings. The molecule has 0 spiro atoms. The van der Waals surface area contributed by atoms with E-state index in [1.165, 1.54) is 47.4 Å². The number of thiazole rings is 1. The number of thioether (sulfide) groups is 2. The Kier molecular flexibility index (Phi) is 8.50. The zero-order chi connectivity index (χ0) is 30.1. The molecule has 3 aromatic rings. The monoisotopic (exact) mass is 652 g/mol. The molecular formula is C22H20N8O8S4. The quantitative estimate of drug-likeness (QED) is 0.0564. The van der Waals surface area contributed by atoms with E-state index in [1.807, 2.05) is 0 Å². The summed E-state index contributed by atoms with van der Waals surface area (Å²) in [7, 11) is 0. The highest BCUT2D eigenvalue weighted by molar-refractivity contribution is 8.01. The third kappa shape index (κ3) is 5.83. The number of aromatic nitrogens is 4. The van der Waals surface area contributed by atoms with Crippen LogP contribution in [0.1, 0.15) is 23.4 Å². The van der Waals surface area contributed by atoms with Crippen LogP contribution in [0.15, 0.2) is 43.1 Å². The average molecular weight is 653 g/mol. The van der Waals surface area contributed by atoms with Crippen molar-refractivity contribution in [2.45, 2.75) is 28.8 Å². The Morgan fingerprint density at radius 1 is 1.40 bits per heavy atom. The van der Waals surface area contributed by atoms with Crippen molar-refractivity contribution < 1.29 is 34.5 Å². The minimum Gasteiger partial charge on any atom is -0.503 e. The number of rotatable bonds is 10. The van der Waals surface area contributed by atoms with Crippen molar-refractivity contribution in [3.63, 3.8) is 0 Å². The number of aliphatic hydroxyl groups is 1. The van der Waals surface area contributed by atoms with Crippen molar-refractivity contribution >= 4 is 75.0 Å². The molecule has 2 unspecified atom stereocenters. The SMILES string of the molecule is Cc1[nH]c(C(O)ON=C(C(=O)NC2C(=O)N3C(C(=O)O)=C(CSc4cnns4)CS[C@@H]23)c2csc(N)n2)cc(=O)c1O. The summed E-state index contributed by atoms with van der Waals surface area (Å²) in [6.45, 7) is 1.40. The molecule has 16 nitrogen and oxygen atoms in total. The number of carboxylic acids is 1. The van der Waals surface area contributed by atoms with Crippen LogP contribution in [0.5, 0.6) is 5.75 Å². The number of carboxylic acid groups (broad SMARTS) is 1. The van der Waals surface area contributed by atoms with E-state index in [0.29, 0.717) is 17.1 Å². The Bertz CT molecular complexity index is 1670. The lowest BCUT2D eigenvalue weighted by Crippen LogP contribution is -2.71. The predicted octanol–water partition coefficient (Wildman–Crippen LogP) is 0.222. The number of nitrogens with two attached hydrogens (primary N) is 1. The number of fused-ring (bicyclic) bond motifs is 1. The van der Waals surface area contributed by atoms with Crippen molar-refractivity contribution in [1.29, 1.82) is 0 Å². The molecule has 42 heavy (non-hydrogen) atoms. The van der Waals surface area contributed by atoms with E-state index in [1.54, 1.807) is 6.20 Å². The van der Waals surface area contributed by atoms with Crippen LogP contribution in [0, 0.1) is 6.92 Å². The van der Waals surface area contributed by atoms with E-state index < -0.39 is 52.4 Å². The number of carbonyl (C=O) groups excluding carboxylic acids is 2. The molecule has 2 aliphatic heterocycles. The highest BCUT2D eigenvalue weighted by atomic mass is 32.2. The fraction of sp³-hybridized carbons (Fsp3) is 0.273. The van der Waals surface area contributed by atoms with Crippen LogP contribution >= 0.6 is 46.4 Å². The molecular weight excluding hydrogens is 633 g/mol. The number of β-lactam (4-membered cyclic amide) rings is 1. The molecule has 1 saturated heterocycles. The zero-order valence-corrected chi connectivity index (χ0v) is 24.5. The van der Waals surface area contributed by atoms with Crippen LogP contribution in [-0.4, -0.2) is 86.2 Å². The summed E-state index contributed by atoms with van der Waals surface area (Å²) in [5.41, 5.74) is 4.83. The minimum absolute atomic E-state index is 0.0134. The number of carbonyl (C=O) groups is 3. The van der Waals surface area contributed by atoms with Gasteiger partial charge < -0.3 is 36.2 Å². The number of hydrogen-bond donors (Lipinski definition) is 6. The fourth-order valence-electron chi connectivity index (χ4n) is 3.98. The summed E-state index contributed by atoms with van der Waals surface area (Å²) in [6.07, 6.45) is -0.274. The number of nitrogens with one attached hydrogen (secondary N) is 2. The number of aromatic hydroxyl groups is 1. The summed E-state index contributed by atoms with van der Waals surface area (Å²) in [5, 5.41) is 40.8. The number of amides is 2. The first kappa shape index (κ1) is 29.5. The summed E-state index contributed by atoms with van der Waals surface area (Å²) in [4.78, 5) is 63.2. The van der Waals surface area contributed by atoms with Gasteiger partial charge >= 0.3 is 5.97 Å². The van der Waals surface area contributed by atoms with Gasteiger partial charge in [0.2, 0.25) is 5.43 Å². The number of anilines is 1. The van der Waals surface area contributed by atoms with Gasteiger partial charge in [0.15, 0.2) is 16.6 Å². The number of nitrogens with zero attached hydrogens (tertiary/aromatic N) is 5. The molecule has 2 amide bonds. The van der Waals surface area contributed by atoms with E-state index in [9.17, 15) is 34.5 Å². The van der Waals surface area contributed by atoms with Gasteiger partial charge in [-0.15, -0.1) is 40.0 Å². The van der Waals surface area contributed by atoms with Gasteiger partial charge in [-0.3, -0.25) is 19.3 Å². The summed E-state index contributed by atoms with van der Waals surface area (Å²) >= 11 is 4.83. The highest BCUT2D eigenvalue weighted by Crippen LogP contribution is 2.41. The first-order valence-electron chi connectivity index (χ1n) is 11.7. The molecule has 5 heterocycles. The van der Waals surface area contributed by atoms with Gasteiger partial charge in [0.05, 0.1) is 17.6 Å². The van der Waals surface area contributed by atoms with Crippen LogP contribution in [-0.2, 0) is 19.2 Å². The van der Waals surface area contributed by atoms with E-state index in [4.69, 9.17) is 10.6 Å². The molecule has 5 rings (SSSR count). The molecule has 0 aromatic carbocycles. The van der Waals surface area contributed by atoms with Crippen LogP contribution in [0.3, 0.4) is 0 Å². The third-order valence-electron chi connectivity index (χ3n) is 5.96. The molecule has 0 saturated carbocycles. The Labute approximate surface area is 251 Å². The molecule has 0 aliphatic carbocycles. The predicted molar refractivity (Wildman–Crippen MR) is 153 cm³/mol. The van der Waals surface area contributed by atoms with Gasteiger partial charge in [0, 0.05) is 23.0 Å². The standard InChI is InChI=1S/C22H20N8O8S4/c1-7-16(32)11(31)2-9(25-7)21(37)38-28-13(10-6-41-22(23)26-10)17(33)27-14-18(34)30-15(20(35)36)8(5-40-19(14)30)4-39-12-3-24-29-42-12/h2-3,6,14,19,21,32,37H,4-5H2,1H3,(H2,23,26)(H,25,31)(H,27,33)(H,35,36)/t14?,19-,21?/m0/s1. The second-order valence-corrected chi connectivity index (χ2v) is 12.7. The molecule has 0 radical (unpaired) electrons. The normalized spacial score (nSPS) is 19.2. The average Bonchev–Trinajstić information content (AvgIpc) is 3.64. The summed E-state index contributed by atoms with van der Waals surface area (Å²) in [6, 6.07) is -0.182.